The first kappa shape index (κ1) is 19.5. The average molecular weight is 408 g/mol. The molecule has 150 valence electrons. The normalized spacial score (nSPS) is 16.7. The molecule has 1 fully saturated rings. The minimum absolute atomic E-state index is 0.187. The molecular weight excluding hydrogens is 382 g/mol. The Labute approximate surface area is 175 Å². The molecule has 3 N–H and O–H groups in total. The molecule has 4 rings (SSSR count). The van der Waals surface area contributed by atoms with Crippen molar-refractivity contribution in [2.75, 3.05) is 18.5 Å². The summed E-state index contributed by atoms with van der Waals surface area (Å²) in [5.74, 6) is 0.821. The molecule has 0 aliphatic carbocycles. The number of thiophene rings is 1. The fourth-order valence-electron chi connectivity index (χ4n) is 3.29. The molecule has 0 saturated carbocycles. The molecule has 0 radical (unpaired) electrons. The predicted molar refractivity (Wildman–Crippen MR) is 120 cm³/mol. The van der Waals surface area contributed by atoms with Crippen LogP contribution in [0.5, 0.6) is 5.75 Å². The zero-order valence-electron chi connectivity index (χ0n) is 16.2. The monoisotopic (exact) mass is 407 g/mol. The maximum absolute atomic E-state index is 10.4. The van der Waals surface area contributed by atoms with Gasteiger partial charge in [-0.15, -0.1) is 11.3 Å². The number of phenolic OH excluding ortho intramolecular Hbond substituents is 1. The standard InChI is InChI=1S/C23H25N3O2S/c27-22-11-10-18(17-6-2-1-3-7-17)14-21(22)26-23(24-15-19-8-4-12-28-19)25-16-20-9-5-13-29-20/h1-3,5-7,9-11,13-14,19,27H,4,8,12,15-16H2,(H2,24,25,26). The van der Waals surface area contributed by atoms with Gasteiger partial charge in [0.15, 0.2) is 5.96 Å². The Morgan fingerprint density at radius 3 is 2.76 bits per heavy atom. The second kappa shape index (κ2) is 9.58. The second-order valence-corrected chi connectivity index (χ2v) is 8.02. The number of rotatable bonds is 6. The van der Waals surface area contributed by atoms with E-state index in [1.54, 1.807) is 17.4 Å². The van der Waals surface area contributed by atoms with E-state index >= 15 is 0 Å². The number of guanidine groups is 1. The van der Waals surface area contributed by atoms with E-state index in [0.29, 0.717) is 24.7 Å². The van der Waals surface area contributed by atoms with Gasteiger partial charge in [-0.05, 0) is 47.5 Å². The molecule has 0 bridgehead atoms. The van der Waals surface area contributed by atoms with Crippen LogP contribution < -0.4 is 10.6 Å². The number of hydrogen-bond donors (Lipinski definition) is 3. The van der Waals surface area contributed by atoms with Crippen molar-refractivity contribution in [1.29, 1.82) is 0 Å². The molecule has 0 spiro atoms. The number of phenols is 1. The number of aliphatic imine (C=N–C) groups is 1. The highest BCUT2D eigenvalue weighted by molar-refractivity contribution is 7.09. The maximum atomic E-state index is 10.4. The molecule has 1 saturated heterocycles. The molecule has 1 aliphatic rings. The zero-order chi connectivity index (χ0) is 19.9. The van der Waals surface area contributed by atoms with Gasteiger partial charge in [-0.2, -0.15) is 0 Å². The van der Waals surface area contributed by atoms with E-state index in [0.717, 1.165) is 30.6 Å². The third-order valence-corrected chi connectivity index (χ3v) is 5.71. The van der Waals surface area contributed by atoms with Gasteiger partial charge in [0.1, 0.15) is 5.75 Å². The number of nitrogens with one attached hydrogen (secondary N) is 2. The van der Waals surface area contributed by atoms with E-state index in [2.05, 4.69) is 28.8 Å². The summed E-state index contributed by atoms with van der Waals surface area (Å²) >= 11 is 1.68. The average Bonchev–Trinajstić information content (AvgIpc) is 3.46. The van der Waals surface area contributed by atoms with E-state index in [1.807, 2.05) is 41.8 Å². The molecule has 29 heavy (non-hydrogen) atoms. The summed E-state index contributed by atoms with van der Waals surface area (Å²) in [4.78, 5) is 5.89. The van der Waals surface area contributed by atoms with Gasteiger partial charge in [0.25, 0.3) is 0 Å². The lowest BCUT2D eigenvalue weighted by molar-refractivity contribution is 0.114. The lowest BCUT2D eigenvalue weighted by Crippen LogP contribution is -2.36. The van der Waals surface area contributed by atoms with Crippen molar-refractivity contribution in [1.82, 2.24) is 5.32 Å². The van der Waals surface area contributed by atoms with Crippen LogP contribution in [-0.4, -0.2) is 30.3 Å². The SMILES string of the molecule is Oc1ccc(-c2ccccc2)cc1NC(=NCc1cccs1)NCC1CCCO1. The van der Waals surface area contributed by atoms with Crippen LogP contribution in [0.25, 0.3) is 11.1 Å². The lowest BCUT2D eigenvalue weighted by Gasteiger charge is -2.17. The molecular formula is C23H25N3O2S. The van der Waals surface area contributed by atoms with Crippen LogP contribution in [0, 0.1) is 0 Å². The van der Waals surface area contributed by atoms with Crippen LogP contribution in [-0.2, 0) is 11.3 Å². The van der Waals surface area contributed by atoms with Gasteiger partial charge in [-0.25, -0.2) is 4.99 Å². The largest absolute Gasteiger partial charge is 0.506 e. The highest BCUT2D eigenvalue weighted by atomic mass is 32.1. The summed E-state index contributed by atoms with van der Waals surface area (Å²) in [6, 6.07) is 19.8. The summed E-state index contributed by atoms with van der Waals surface area (Å²) in [5.41, 5.74) is 2.75. The fraction of sp³-hybridized carbons (Fsp3) is 0.261. The fourth-order valence-corrected chi connectivity index (χ4v) is 3.92. The molecule has 2 heterocycles. The molecule has 1 aliphatic heterocycles. The Balaban J connectivity index is 1.53. The first-order valence-electron chi connectivity index (χ1n) is 9.86. The topological polar surface area (TPSA) is 65.9 Å². The van der Waals surface area contributed by atoms with Gasteiger partial charge < -0.3 is 20.5 Å². The number of aromatic hydroxyl groups is 1. The molecule has 1 unspecified atom stereocenters. The van der Waals surface area contributed by atoms with Crippen molar-refractivity contribution >= 4 is 23.0 Å². The lowest BCUT2D eigenvalue weighted by atomic mass is 10.0. The Morgan fingerprint density at radius 1 is 1.10 bits per heavy atom. The second-order valence-electron chi connectivity index (χ2n) is 6.98. The summed E-state index contributed by atoms with van der Waals surface area (Å²) < 4.78 is 5.71. The van der Waals surface area contributed by atoms with Crippen LogP contribution in [0.2, 0.25) is 0 Å². The summed E-state index contributed by atoms with van der Waals surface area (Å²) in [5, 5.41) is 19.1. The summed E-state index contributed by atoms with van der Waals surface area (Å²) in [7, 11) is 0. The summed E-state index contributed by atoms with van der Waals surface area (Å²) in [6.07, 6.45) is 2.36. The molecule has 1 atom stereocenters. The third kappa shape index (κ3) is 5.37. The van der Waals surface area contributed by atoms with Crippen molar-refractivity contribution in [2.24, 2.45) is 4.99 Å². The van der Waals surface area contributed by atoms with Crippen LogP contribution in [0.4, 0.5) is 5.69 Å². The van der Waals surface area contributed by atoms with E-state index in [1.165, 1.54) is 4.88 Å². The van der Waals surface area contributed by atoms with Gasteiger partial charge in [-0.3, -0.25) is 0 Å². The van der Waals surface area contributed by atoms with Crippen molar-refractivity contribution < 1.29 is 9.84 Å². The van der Waals surface area contributed by atoms with E-state index in [9.17, 15) is 5.11 Å². The molecule has 3 aromatic rings. The quantitative estimate of drug-likeness (QED) is 0.310. The van der Waals surface area contributed by atoms with Crippen molar-refractivity contribution in [3.05, 3.63) is 70.9 Å². The Hall–Kier alpha value is -2.83. The zero-order valence-corrected chi connectivity index (χ0v) is 17.0. The minimum atomic E-state index is 0.187. The molecule has 5 nitrogen and oxygen atoms in total. The van der Waals surface area contributed by atoms with Crippen LogP contribution in [0.1, 0.15) is 17.7 Å². The smallest absolute Gasteiger partial charge is 0.196 e. The Bertz CT molecular complexity index is 936. The Morgan fingerprint density at radius 2 is 2.00 bits per heavy atom. The van der Waals surface area contributed by atoms with Crippen molar-refractivity contribution in [3.63, 3.8) is 0 Å². The first-order valence-corrected chi connectivity index (χ1v) is 10.7. The number of ether oxygens (including phenoxy) is 1. The van der Waals surface area contributed by atoms with Gasteiger partial charge >= 0.3 is 0 Å². The van der Waals surface area contributed by atoms with E-state index in [-0.39, 0.29) is 11.9 Å². The first-order chi connectivity index (χ1) is 14.3. The minimum Gasteiger partial charge on any atom is -0.506 e. The molecule has 2 aromatic carbocycles. The number of anilines is 1. The molecule has 0 amide bonds. The highest BCUT2D eigenvalue weighted by Gasteiger charge is 2.16. The number of benzene rings is 2. The van der Waals surface area contributed by atoms with Gasteiger partial charge in [0, 0.05) is 18.0 Å². The van der Waals surface area contributed by atoms with Crippen LogP contribution in [0.15, 0.2) is 71.0 Å². The van der Waals surface area contributed by atoms with E-state index in [4.69, 9.17) is 9.73 Å². The van der Waals surface area contributed by atoms with Crippen molar-refractivity contribution in [3.8, 4) is 16.9 Å². The van der Waals surface area contributed by atoms with Gasteiger partial charge in [0.2, 0.25) is 0 Å². The molecule has 1 aromatic heterocycles. The van der Waals surface area contributed by atoms with Crippen LogP contribution >= 0.6 is 11.3 Å². The van der Waals surface area contributed by atoms with Gasteiger partial charge in [0.05, 0.1) is 18.3 Å². The number of hydrogen-bond acceptors (Lipinski definition) is 4. The van der Waals surface area contributed by atoms with Crippen LogP contribution in [0.3, 0.4) is 0 Å². The van der Waals surface area contributed by atoms with Crippen molar-refractivity contribution in [2.45, 2.75) is 25.5 Å². The molecule has 6 heteroatoms. The predicted octanol–water partition coefficient (Wildman–Crippen LogP) is 4.86. The number of nitrogens with zero attached hydrogens (tertiary/aromatic N) is 1. The highest BCUT2D eigenvalue weighted by Crippen LogP contribution is 2.29. The maximum Gasteiger partial charge on any atom is 0.196 e. The third-order valence-electron chi connectivity index (χ3n) is 4.85. The van der Waals surface area contributed by atoms with E-state index < -0.39 is 0 Å². The van der Waals surface area contributed by atoms with Gasteiger partial charge in [-0.1, -0.05) is 42.5 Å². The summed E-state index contributed by atoms with van der Waals surface area (Å²) in [6.45, 7) is 2.09. The Kier molecular flexibility index (Phi) is 6.44.